The van der Waals surface area contributed by atoms with Gasteiger partial charge in [-0.05, 0) is 29.8 Å². The zero-order valence-electron chi connectivity index (χ0n) is 7.07. The van der Waals surface area contributed by atoms with Crippen LogP contribution in [0.25, 0.3) is 11.5 Å². The van der Waals surface area contributed by atoms with E-state index >= 15 is 0 Å². The maximum Gasteiger partial charge on any atom is 0.194 e. The van der Waals surface area contributed by atoms with E-state index in [0.717, 1.165) is 0 Å². The van der Waals surface area contributed by atoms with Gasteiger partial charge in [0.2, 0.25) is 0 Å². The molecule has 0 aliphatic rings. The van der Waals surface area contributed by atoms with E-state index in [1.165, 1.54) is 0 Å². The molecule has 0 atom stereocenters. The lowest BCUT2D eigenvalue weighted by Crippen LogP contribution is -2.00. The monoisotopic (exact) mass is 210 g/mol. The van der Waals surface area contributed by atoms with Gasteiger partial charge in [0.15, 0.2) is 16.8 Å². The van der Waals surface area contributed by atoms with Crippen molar-refractivity contribution >= 4 is 23.1 Å². The number of aromatic nitrogens is 2. The molecule has 6 heteroatoms. The standard InChI is InChI=1S/C8H7ClN4O/c9-7-2-1-6(14-7)5-3-4(10)8(11)13-12-5/h1-3H,(H2,10,12)(H2,11,13). The average molecular weight is 211 g/mol. The van der Waals surface area contributed by atoms with Crippen LogP contribution in [-0.2, 0) is 0 Å². The normalized spacial score (nSPS) is 10.4. The van der Waals surface area contributed by atoms with Crippen LogP contribution >= 0.6 is 11.6 Å². The fourth-order valence-electron chi connectivity index (χ4n) is 0.988. The summed E-state index contributed by atoms with van der Waals surface area (Å²) in [4.78, 5) is 0. The SMILES string of the molecule is Nc1cc(-c2ccc(Cl)o2)nnc1N. The van der Waals surface area contributed by atoms with E-state index in [1.54, 1.807) is 18.2 Å². The Kier molecular flexibility index (Phi) is 2.01. The Labute approximate surface area is 84.7 Å². The van der Waals surface area contributed by atoms with Crippen molar-refractivity contribution in [1.29, 1.82) is 0 Å². The fraction of sp³-hybridized carbons (Fsp3) is 0. The summed E-state index contributed by atoms with van der Waals surface area (Å²) in [7, 11) is 0. The molecule has 2 aromatic rings. The Morgan fingerprint density at radius 1 is 1.21 bits per heavy atom. The summed E-state index contributed by atoms with van der Waals surface area (Å²) < 4.78 is 5.13. The van der Waals surface area contributed by atoms with Crippen molar-refractivity contribution in [1.82, 2.24) is 10.2 Å². The highest BCUT2D eigenvalue weighted by atomic mass is 35.5. The van der Waals surface area contributed by atoms with E-state index in [-0.39, 0.29) is 11.0 Å². The number of rotatable bonds is 1. The molecule has 0 saturated carbocycles. The van der Waals surface area contributed by atoms with Crippen molar-refractivity contribution in [2.45, 2.75) is 0 Å². The molecule has 0 radical (unpaired) electrons. The lowest BCUT2D eigenvalue weighted by molar-refractivity contribution is 0.581. The molecule has 5 nitrogen and oxygen atoms in total. The van der Waals surface area contributed by atoms with Gasteiger partial charge in [-0.1, -0.05) is 0 Å². The molecule has 0 amide bonds. The van der Waals surface area contributed by atoms with Crippen LogP contribution in [0.1, 0.15) is 0 Å². The van der Waals surface area contributed by atoms with Crippen LogP contribution in [0.5, 0.6) is 0 Å². The molecule has 0 aliphatic heterocycles. The van der Waals surface area contributed by atoms with Crippen LogP contribution in [0.2, 0.25) is 5.22 Å². The van der Waals surface area contributed by atoms with Gasteiger partial charge in [0.1, 0.15) is 5.69 Å². The number of halogens is 1. The third-order valence-electron chi connectivity index (χ3n) is 1.68. The van der Waals surface area contributed by atoms with Gasteiger partial charge in [-0.3, -0.25) is 0 Å². The highest BCUT2D eigenvalue weighted by Gasteiger charge is 2.07. The molecule has 4 N–H and O–H groups in total. The van der Waals surface area contributed by atoms with Gasteiger partial charge in [-0.25, -0.2) is 0 Å². The lowest BCUT2D eigenvalue weighted by Gasteiger charge is -1.99. The maximum atomic E-state index is 5.61. The van der Waals surface area contributed by atoms with Gasteiger partial charge < -0.3 is 15.9 Å². The number of hydrogen-bond donors (Lipinski definition) is 2. The summed E-state index contributed by atoms with van der Waals surface area (Å²) in [5, 5.41) is 7.77. The van der Waals surface area contributed by atoms with Crippen LogP contribution < -0.4 is 11.5 Å². The molecule has 0 aliphatic carbocycles. The molecule has 0 unspecified atom stereocenters. The predicted molar refractivity (Wildman–Crippen MR) is 53.6 cm³/mol. The molecule has 0 saturated heterocycles. The molecular formula is C8H7ClN4O. The molecule has 14 heavy (non-hydrogen) atoms. The quantitative estimate of drug-likeness (QED) is 0.745. The van der Waals surface area contributed by atoms with Crippen LogP contribution in [0.15, 0.2) is 22.6 Å². The molecular weight excluding hydrogens is 204 g/mol. The van der Waals surface area contributed by atoms with E-state index < -0.39 is 0 Å². The second-order valence-corrected chi connectivity index (χ2v) is 3.05. The minimum Gasteiger partial charge on any atom is -0.443 e. The second kappa shape index (κ2) is 3.19. The predicted octanol–water partition coefficient (Wildman–Crippen LogP) is 1.55. The molecule has 0 spiro atoms. The molecule has 0 bridgehead atoms. The highest BCUT2D eigenvalue weighted by molar-refractivity contribution is 6.28. The van der Waals surface area contributed by atoms with Crippen molar-refractivity contribution < 1.29 is 4.42 Å². The zero-order chi connectivity index (χ0) is 10.1. The van der Waals surface area contributed by atoms with Gasteiger partial charge in [0.05, 0.1) is 5.69 Å². The first-order valence-corrected chi connectivity index (χ1v) is 4.19. The third kappa shape index (κ3) is 1.49. The Bertz CT molecular complexity index is 468. The van der Waals surface area contributed by atoms with Gasteiger partial charge in [-0.2, -0.15) is 0 Å². The Morgan fingerprint density at radius 2 is 2.00 bits per heavy atom. The molecule has 0 aromatic carbocycles. The maximum absolute atomic E-state index is 5.61. The number of nitrogen functional groups attached to an aromatic ring is 2. The van der Waals surface area contributed by atoms with Gasteiger partial charge in [0.25, 0.3) is 0 Å². The fourth-order valence-corrected chi connectivity index (χ4v) is 1.13. The molecule has 2 rings (SSSR count). The topological polar surface area (TPSA) is 91.0 Å². The van der Waals surface area contributed by atoms with Gasteiger partial charge in [0, 0.05) is 0 Å². The van der Waals surface area contributed by atoms with Crippen molar-refractivity contribution in [3.63, 3.8) is 0 Å². The van der Waals surface area contributed by atoms with E-state index in [2.05, 4.69) is 10.2 Å². The number of anilines is 2. The minimum absolute atomic E-state index is 0.200. The zero-order valence-corrected chi connectivity index (χ0v) is 7.82. The van der Waals surface area contributed by atoms with Crippen LogP contribution in [0, 0.1) is 0 Å². The van der Waals surface area contributed by atoms with E-state index in [1.807, 2.05) is 0 Å². The first kappa shape index (κ1) is 8.83. The Balaban J connectivity index is 2.47. The van der Waals surface area contributed by atoms with Crippen LogP contribution in [0.3, 0.4) is 0 Å². The smallest absolute Gasteiger partial charge is 0.194 e. The average Bonchev–Trinajstić information content (AvgIpc) is 2.57. The van der Waals surface area contributed by atoms with Crippen molar-refractivity contribution in [2.24, 2.45) is 0 Å². The molecule has 0 fully saturated rings. The summed E-state index contributed by atoms with van der Waals surface area (Å²) in [6.07, 6.45) is 0. The highest BCUT2D eigenvalue weighted by Crippen LogP contribution is 2.24. The van der Waals surface area contributed by atoms with Crippen LogP contribution in [0.4, 0.5) is 11.5 Å². The van der Waals surface area contributed by atoms with Gasteiger partial charge >= 0.3 is 0 Å². The summed E-state index contributed by atoms with van der Waals surface area (Å²) >= 11 is 5.61. The summed E-state index contributed by atoms with van der Waals surface area (Å²) in [6.45, 7) is 0. The van der Waals surface area contributed by atoms with Crippen molar-refractivity contribution in [2.75, 3.05) is 11.5 Å². The molecule has 2 aromatic heterocycles. The van der Waals surface area contributed by atoms with Crippen molar-refractivity contribution in [3.05, 3.63) is 23.4 Å². The first-order chi connectivity index (χ1) is 6.66. The van der Waals surface area contributed by atoms with E-state index in [0.29, 0.717) is 17.1 Å². The van der Waals surface area contributed by atoms with E-state index in [9.17, 15) is 0 Å². The minimum atomic E-state index is 0.200. The number of nitrogens with two attached hydrogens (primary N) is 2. The third-order valence-corrected chi connectivity index (χ3v) is 1.88. The van der Waals surface area contributed by atoms with Gasteiger partial charge in [-0.15, -0.1) is 10.2 Å². The van der Waals surface area contributed by atoms with E-state index in [4.69, 9.17) is 27.5 Å². The Morgan fingerprint density at radius 3 is 2.57 bits per heavy atom. The first-order valence-electron chi connectivity index (χ1n) is 3.81. The van der Waals surface area contributed by atoms with Crippen LogP contribution in [-0.4, -0.2) is 10.2 Å². The van der Waals surface area contributed by atoms with Crippen molar-refractivity contribution in [3.8, 4) is 11.5 Å². The summed E-state index contributed by atoms with van der Waals surface area (Å²) in [5.74, 6) is 0.709. The number of nitrogens with zero attached hydrogens (tertiary/aromatic N) is 2. The summed E-state index contributed by atoms with van der Waals surface area (Å²) in [5.41, 5.74) is 11.8. The largest absolute Gasteiger partial charge is 0.443 e. The second-order valence-electron chi connectivity index (χ2n) is 2.67. The number of furan rings is 1. The molecule has 2 heterocycles. The molecule has 72 valence electrons. The lowest BCUT2D eigenvalue weighted by atomic mass is 10.3. The number of hydrogen-bond acceptors (Lipinski definition) is 5. The summed E-state index contributed by atoms with van der Waals surface area (Å²) in [6, 6.07) is 4.88. The Hall–Kier alpha value is -1.75.